The monoisotopic (exact) mass is 314 g/mol. The van der Waals surface area contributed by atoms with Crippen LogP contribution in [-0.4, -0.2) is 30.6 Å². The van der Waals surface area contributed by atoms with Crippen molar-refractivity contribution in [2.75, 3.05) is 6.26 Å². The Labute approximate surface area is 121 Å². The minimum Gasteiger partial charge on any atom is -0.342 e. The Balaban J connectivity index is 1.99. The van der Waals surface area contributed by atoms with Crippen LogP contribution in [0.1, 0.15) is 37.4 Å². The minimum absolute atomic E-state index is 0.0653. The van der Waals surface area contributed by atoms with E-state index in [4.69, 9.17) is 0 Å². The number of benzene rings is 1. The molecule has 2 aromatic rings. The number of nitrogens with zero attached hydrogens (tertiary/aromatic N) is 1. The van der Waals surface area contributed by atoms with Gasteiger partial charge in [0.15, 0.2) is 9.84 Å². The smallest absolute Gasteiger partial charge is 0.248 e. The molecule has 114 valence electrons. The number of para-hydroxylation sites is 1. The zero-order chi connectivity index (χ0) is 15.3. The lowest BCUT2D eigenvalue weighted by atomic mass is 9.86. The molecule has 7 heteroatoms. The maximum absolute atomic E-state index is 13.2. The Hall–Kier alpha value is -1.50. The van der Waals surface area contributed by atoms with E-state index in [0.29, 0.717) is 29.7 Å². The normalized spacial score (nSPS) is 20.0. The molecule has 4 nitrogen and oxygen atoms in total. The summed E-state index contributed by atoms with van der Waals surface area (Å²) in [5, 5.41) is 0. The van der Waals surface area contributed by atoms with Gasteiger partial charge >= 0.3 is 0 Å². The second-order valence-electron chi connectivity index (χ2n) is 5.68. The number of imidazole rings is 1. The molecule has 0 spiro atoms. The van der Waals surface area contributed by atoms with Crippen molar-refractivity contribution in [2.45, 2.75) is 42.4 Å². The molecular weight excluding hydrogens is 298 g/mol. The van der Waals surface area contributed by atoms with Crippen molar-refractivity contribution in [3.63, 3.8) is 0 Å². The molecule has 3 rings (SSSR count). The molecule has 0 amide bonds. The van der Waals surface area contributed by atoms with E-state index < -0.39 is 15.8 Å². The van der Waals surface area contributed by atoms with Crippen molar-refractivity contribution in [3.8, 4) is 0 Å². The van der Waals surface area contributed by atoms with Crippen molar-refractivity contribution >= 4 is 20.9 Å². The number of aromatic amines is 1. The van der Waals surface area contributed by atoms with Crippen molar-refractivity contribution < 1.29 is 17.2 Å². The van der Waals surface area contributed by atoms with E-state index in [1.165, 1.54) is 6.07 Å². The van der Waals surface area contributed by atoms with Gasteiger partial charge in [-0.1, -0.05) is 6.07 Å². The maximum Gasteiger partial charge on any atom is 0.248 e. The fraction of sp³-hybridized carbons (Fsp3) is 0.500. The number of hydrogen-bond donors (Lipinski definition) is 1. The highest BCUT2D eigenvalue weighted by atomic mass is 32.2. The van der Waals surface area contributed by atoms with Crippen LogP contribution in [0.3, 0.4) is 0 Å². The average molecular weight is 314 g/mol. The first kappa shape index (κ1) is 14.4. The molecule has 1 N–H and O–H groups in total. The highest BCUT2D eigenvalue weighted by Crippen LogP contribution is 2.40. The standard InChI is InChI=1S/C14H16F2N2O2S/c1-21(19,20)11-4-2-3-10-12(11)18-13(17-10)9-5-7-14(15,16)8-6-9/h2-4,9H,5-8H2,1H3,(H,17,18). The fourth-order valence-corrected chi connectivity index (χ4v) is 3.66. The molecule has 0 atom stereocenters. The van der Waals surface area contributed by atoms with Gasteiger partial charge in [0.05, 0.1) is 10.4 Å². The number of sulfone groups is 1. The summed E-state index contributed by atoms with van der Waals surface area (Å²) in [7, 11) is -3.37. The fourth-order valence-electron chi connectivity index (χ4n) is 2.83. The van der Waals surface area contributed by atoms with E-state index in [1.54, 1.807) is 12.1 Å². The van der Waals surface area contributed by atoms with Crippen LogP contribution < -0.4 is 0 Å². The predicted molar refractivity (Wildman–Crippen MR) is 75.4 cm³/mol. The van der Waals surface area contributed by atoms with Crippen LogP contribution in [0.5, 0.6) is 0 Å². The molecule has 0 bridgehead atoms. The van der Waals surface area contributed by atoms with E-state index in [-0.39, 0.29) is 23.7 Å². The topological polar surface area (TPSA) is 62.8 Å². The lowest BCUT2D eigenvalue weighted by molar-refractivity contribution is -0.0387. The molecule has 1 heterocycles. The van der Waals surface area contributed by atoms with Crippen LogP contribution in [0.4, 0.5) is 8.78 Å². The quantitative estimate of drug-likeness (QED) is 0.925. The molecule has 1 saturated carbocycles. The molecule has 1 aliphatic rings. The Morgan fingerprint density at radius 1 is 1.29 bits per heavy atom. The first-order valence-electron chi connectivity index (χ1n) is 6.83. The molecule has 0 saturated heterocycles. The summed E-state index contributed by atoms with van der Waals surface area (Å²) in [6, 6.07) is 4.91. The number of hydrogen-bond acceptors (Lipinski definition) is 3. The van der Waals surface area contributed by atoms with Crippen LogP contribution in [0.15, 0.2) is 23.1 Å². The molecule has 21 heavy (non-hydrogen) atoms. The largest absolute Gasteiger partial charge is 0.342 e. The number of fused-ring (bicyclic) bond motifs is 1. The Bertz CT molecular complexity index is 773. The molecular formula is C14H16F2N2O2S. The van der Waals surface area contributed by atoms with Gasteiger partial charge in [0, 0.05) is 25.0 Å². The van der Waals surface area contributed by atoms with Crippen molar-refractivity contribution in [3.05, 3.63) is 24.0 Å². The van der Waals surface area contributed by atoms with Crippen LogP contribution >= 0.6 is 0 Å². The van der Waals surface area contributed by atoms with Gasteiger partial charge in [0.1, 0.15) is 11.3 Å². The lowest BCUT2D eigenvalue weighted by Gasteiger charge is -2.26. The van der Waals surface area contributed by atoms with Crippen LogP contribution in [0.2, 0.25) is 0 Å². The third kappa shape index (κ3) is 2.79. The highest BCUT2D eigenvalue weighted by molar-refractivity contribution is 7.91. The average Bonchev–Trinajstić information content (AvgIpc) is 2.80. The SMILES string of the molecule is CS(=O)(=O)c1cccc2[nH]c(C3CCC(F)(F)CC3)nc12. The minimum atomic E-state index is -3.37. The Morgan fingerprint density at radius 3 is 2.57 bits per heavy atom. The van der Waals surface area contributed by atoms with Gasteiger partial charge in [-0.25, -0.2) is 22.2 Å². The predicted octanol–water partition coefficient (Wildman–Crippen LogP) is 3.26. The van der Waals surface area contributed by atoms with Gasteiger partial charge in [0.25, 0.3) is 0 Å². The number of nitrogens with one attached hydrogen (secondary N) is 1. The van der Waals surface area contributed by atoms with Gasteiger partial charge in [0.2, 0.25) is 5.92 Å². The number of alkyl halides is 2. The van der Waals surface area contributed by atoms with E-state index in [0.717, 1.165) is 6.26 Å². The Kier molecular flexibility index (Phi) is 3.27. The van der Waals surface area contributed by atoms with Gasteiger partial charge in [-0.3, -0.25) is 0 Å². The summed E-state index contributed by atoms with van der Waals surface area (Å²) in [6.45, 7) is 0. The molecule has 1 aromatic heterocycles. The lowest BCUT2D eigenvalue weighted by Crippen LogP contribution is -2.24. The molecule has 0 radical (unpaired) electrons. The van der Waals surface area contributed by atoms with E-state index in [1.807, 2.05) is 0 Å². The van der Waals surface area contributed by atoms with Gasteiger partial charge in [-0.05, 0) is 25.0 Å². The molecule has 1 fully saturated rings. The second-order valence-corrected chi connectivity index (χ2v) is 7.66. The summed E-state index contributed by atoms with van der Waals surface area (Å²) in [5.74, 6) is -2.04. The van der Waals surface area contributed by atoms with Crippen molar-refractivity contribution in [2.24, 2.45) is 0 Å². The second kappa shape index (κ2) is 4.76. The molecule has 1 aliphatic carbocycles. The first-order valence-corrected chi connectivity index (χ1v) is 8.72. The number of rotatable bonds is 2. The zero-order valence-corrected chi connectivity index (χ0v) is 12.4. The van der Waals surface area contributed by atoms with Gasteiger partial charge < -0.3 is 4.98 Å². The van der Waals surface area contributed by atoms with Crippen LogP contribution in [0, 0.1) is 0 Å². The van der Waals surface area contributed by atoms with E-state index >= 15 is 0 Å². The van der Waals surface area contributed by atoms with E-state index in [2.05, 4.69) is 9.97 Å². The number of halogens is 2. The number of aromatic nitrogens is 2. The summed E-state index contributed by atoms with van der Waals surface area (Å²) in [4.78, 5) is 7.63. The van der Waals surface area contributed by atoms with Crippen LogP contribution in [-0.2, 0) is 9.84 Å². The molecule has 0 unspecified atom stereocenters. The van der Waals surface area contributed by atoms with Crippen molar-refractivity contribution in [1.82, 2.24) is 9.97 Å². The molecule has 1 aromatic carbocycles. The summed E-state index contributed by atoms with van der Waals surface area (Å²) in [5.41, 5.74) is 1.03. The van der Waals surface area contributed by atoms with Gasteiger partial charge in [-0.15, -0.1) is 0 Å². The first-order chi connectivity index (χ1) is 9.76. The molecule has 0 aliphatic heterocycles. The number of H-pyrrole nitrogens is 1. The summed E-state index contributed by atoms with van der Waals surface area (Å²) in [6.07, 6.45) is 1.57. The zero-order valence-electron chi connectivity index (χ0n) is 11.6. The van der Waals surface area contributed by atoms with Gasteiger partial charge in [-0.2, -0.15) is 0 Å². The van der Waals surface area contributed by atoms with Crippen molar-refractivity contribution in [1.29, 1.82) is 0 Å². The highest BCUT2D eigenvalue weighted by Gasteiger charge is 2.36. The third-order valence-electron chi connectivity index (χ3n) is 4.00. The third-order valence-corrected chi connectivity index (χ3v) is 5.13. The van der Waals surface area contributed by atoms with E-state index in [9.17, 15) is 17.2 Å². The van der Waals surface area contributed by atoms with Crippen LogP contribution in [0.25, 0.3) is 11.0 Å². The Morgan fingerprint density at radius 2 is 1.95 bits per heavy atom. The summed E-state index contributed by atoms with van der Waals surface area (Å²) < 4.78 is 49.9. The maximum atomic E-state index is 13.2. The summed E-state index contributed by atoms with van der Waals surface area (Å²) >= 11 is 0.